The van der Waals surface area contributed by atoms with Crippen LogP contribution in [0.2, 0.25) is 0 Å². The number of rotatable bonds is 4. The Hall–Kier alpha value is -3.87. The van der Waals surface area contributed by atoms with Gasteiger partial charge in [-0.2, -0.15) is 9.78 Å². The SMILES string of the molecule is C=CC(=O)n1nc(C(=O)O)c2c1CC(c1ccccn1)(c1ccccn1)C=C2. The van der Waals surface area contributed by atoms with Gasteiger partial charge in [-0.25, -0.2) is 4.79 Å². The minimum absolute atomic E-state index is 0.169. The quantitative estimate of drug-likeness (QED) is 0.707. The second-order valence-corrected chi connectivity index (χ2v) is 6.38. The van der Waals surface area contributed by atoms with Crippen LogP contribution in [0.5, 0.6) is 0 Å². The Bertz CT molecular complexity index is 1060. The van der Waals surface area contributed by atoms with E-state index in [1.807, 2.05) is 42.5 Å². The van der Waals surface area contributed by atoms with E-state index in [9.17, 15) is 14.7 Å². The maximum Gasteiger partial charge on any atom is 0.357 e. The van der Waals surface area contributed by atoms with E-state index in [1.165, 1.54) is 0 Å². The molecule has 1 N–H and O–H groups in total. The van der Waals surface area contributed by atoms with E-state index >= 15 is 0 Å². The summed E-state index contributed by atoms with van der Waals surface area (Å²) < 4.78 is 1.11. The summed E-state index contributed by atoms with van der Waals surface area (Å²) in [7, 11) is 0. The van der Waals surface area contributed by atoms with E-state index in [4.69, 9.17) is 0 Å². The molecule has 0 saturated carbocycles. The van der Waals surface area contributed by atoms with Crippen LogP contribution < -0.4 is 0 Å². The number of hydrogen-bond acceptors (Lipinski definition) is 5. The average molecular weight is 372 g/mol. The zero-order valence-corrected chi connectivity index (χ0v) is 14.8. The number of aromatic carboxylic acids is 1. The zero-order valence-electron chi connectivity index (χ0n) is 14.8. The number of hydrogen-bond donors (Lipinski definition) is 1. The molecule has 3 aromatic heterocycles. The van der Waals surface area contributed by atoms with Crippen LogP contribution in [0, 0.1) is 0 Å². The number of fused-ring (bicyclic) bond motifs is 1. The summed E-state index contributed by atoms with van der Waals surface area (Å²) in [5, 5.41) is 13.5. The maximum atomic E-state index is 12.3. The average Bonchev–Trinajstić information content (AvgIpc) is 3.13. The molecule has 0 unspecified atom stereocenters. The summed E-state index contributed by atoms with van der Waals surface area (Å²) in [6.07, 6.45) is 8.35. The molecule has 3 heterocycles. The normalized spacial score (nSPS) is 14.3. The first kappa shape index (κ1) is 17.5. The van der Waals surface area contributed by atoms with Gasteiger partial charge in [0.2, 0.25) is 0 Å². The molecular weight excluding hydrogens is 356 g/mol. The topological polar surface area (TPSA) is 98.0 Å². The lowest BCUT2D eigenvalue weighted by atomic mass is 9.72. The van der Waals surface area contributed by atoms with Crippen LogP contribution in [-0.4, -0.2) is 36.7 Å². The molecule has 4 rings (SSSR count). The second kappa shape index (κ2) is 6.70. The van der Waals surface area contributed by atoms with Crippen molar-refractivity contribution in [1.29, 1.82) is 0 Å². The number of allylic oxidation sites excluding steroid dienone is 2. The largest absolute Gasteiger partial charge is 0.476 e. The van der Waals surface area contributed by atoms with E-state index in [0.29, 0.717) is 11.3 Å². The van der Waals surface area contributed by atoms with Crippen molar-refractivity contribution in [1.82, 2.24) is 19.7 Å². The van der Waals surface area contributed by atoms with Crippen molar-refractivity contribution in [3.8, 4) is 0 Å². The summed E-state index contributed by atoms with van der Waals surface area (Å²) in [6.45, 7) is 3.49. The first-order valence-electron chi connectivity index (χ1n) is 8.61. The Labute approximate surface area is 160 Å². The highest BCUT2D eigenvalue weighted by atomic mass is 16.4. The van der Waals surface area contributed by atoms with Gasteiger partial charge in [0.15, 0.2) is 5.69 Å². The summed E-state index contributed by atoms with van der Waals surface area (Å²) in [5.74, 6) is -1.69. The molecule has 1 aliphatic rings. The second-order valence-electron chi connectivity index (χ2n) is 6.38. The van der Waals surface area contributed by atoms with Gasteiger partial charge < -0.3 is 5.11 Å². The Morgan fingerprint density at radius 2 is 1.75 bits per heavy atom. The molecule has 28 heavy (non-hydrogen) atoms. The van der Waals surface area contributed by atoms with Gasteiger partial charge in [0.05, 0.1) is 22.5 Å². The molecule has 0 fully saturated rings. The van der Waals surface area contributed by atoms with Crippen molar-refractivity contribution in [2.45, 2.75) is 11.8 Å². The Morgan fingerprint density at radius 3 is 2.25 bits per heavy atom. The summed E-state index contributed by atoms with van der Waals surface area (Å²) in [5.41, 5.74) is 1.45. The number of carboxylic acid groups (broad SMARTS) is 1. The molecule has 7 nitrogen and oxygen atoms in total. The van der Waals surface area contributed by atoms with Crippen molar-refractivity contribution in [2.24, 2.45) is 0 Å². The summed E-state index contributed by atoms with van der Waals surface area (Å²) >= 11 is 0. The number of pyridine rings is 2. The first-order valence-corrected chi connectivity index (χ1v) is 8.61. The van der Waals surface area contributed by atoms with E-state index < -0.39 is 17.3 Å². The van der Waals surface area contributed by atoms with Crippen LogP contribution in [0.15, 0.2) is 67.5 Å². The molecule has 0 amide bonds. The van der Waals surface area contributed by atoms with Gasteiger partial charge in [-0.3, -0.25) is 14.8 Å². The lowest BCUT2D eigenvalue weighted by molar-refractivity contribution is 0.0689. The molecule has 3 aromatic rings. The predicted octanol–water partition coefficient (Wildman–Crippen LogP) is 2.75. The Morgan fingerprint density at radius 1 is 1.11 bits per heavy atom. The number of carboxylic acids is 1. The fourth-order valence-electron chi connectivity index (χ4n) is 3.52. The molecule has 0 spiro atoms. The minimum atomic E-state index is -1.19. The van der Waals surface area contributed by atoms with Crippen LogP contribution in [0.1, 0.15) is 37.9 Å². The van der Waals surface area contributed by atoms with Gasteiger partial charge >= 0.3 is 5.97 Å². The lowest BCUT2D eigenvalue weighted by Crippen LogP contribution is -2.34. The van der Waals surface area contributed by atoms with Crippen molar-refractivity contribution >= 4 is 18.0 Å². The summed E-state index contributed by atoms with van der Waals surface area (Å²) in [4.78, 5) is 33.0. The highest BCUT2D eigenvalue weighted by Gasteiger charge is 2.41. The molecular formula is C21H16N4O3. The molecule has 7 heteroatoms. The Kier molecular flexibility index (Phi) is 4.19. The molecule has 0 atom stereocenters. The highest BCUT2D eigenvalue weighted by Crippen LogP contribution is 2.40. The zero-order chi connectivity index (χ0) is 19.7. The van der Waals surface area contributed by atoms with Crippen LogP contribution in [-0.2, 0) is 11.8 Å². The first-order chi connectivity index (χ1) is 13.6. The monoisotopic (exact) mass is 372 g/mol. The molecule has 0 aromatic carbocycles. The van der Waals surface area contributed by atoms with Gasteiger partial charge in [-0.15, -0.1) is 0 Å². The smallest absolute Gasteiger partial charge is 0.357 e. The van der Waals surface area contributed by atoms with Crippen molar-refractivity contribution < 1.29 is 14.7 Å². The van der Waals surface area contributed by atoms with Crippen LogP contribution in [0.3, 0.4) is 0 Å². The van der Waals surface area contributed by atoms with Crippen LogP contribution in [0.4, 0.5) is 0 Å². The van der Waals surface area contributed by atoms with E-state index in [-0.39, 0.29) is 12.1 Å². The molecule has 1 aliphatic carbocycles. The van der Waals surface area contributed by atoms with Gasteiger partial charge in [0, 0.05) is 24.4 Å². The number of carbonyl (C=O) groups excluding carboxylic acids is 1. The number of nitrogens with zero attached hydrogens (tertiary/aromatic N) is 4. The van der Waals surface area contributed by atoms with Crippen molar-refractivity contribution in [3.63, 3.8) is 0 Å². The van der Waals surface area contributed by atoms with E-state index in [1.54, 1.807) is 18.5 Å². The van der Waals surface area contributed by atoms with E-state index in [0.717, 1.165) is 22.1 Å². The minimum Gasteiger partial charge on any atom is -0.476 e. The fraction of sp³-hybridized carbons (Fsp3) is 0.0952. The third-order valence-electron chi connectivity index (χ3n) is 4.83. The fourth-order valence-corrected chi connectivity index (χ4v) is 3.52. The van der Waals surface area contributed by atoms with Crippen LogP contribution in [0.25, 0.3) is 6.08 Å². The van der Waals surface area contributed by atoms with E-state index in [2.05, 4.69) is 21.6 Å². The lowest BCUT2D eigenvalue weighted by Gasteiger charge is -2.32. The standard InChI is InChI=1S/C21H16N4O3/c1-2-18(26)25-15-13-21(16-7-3-5-11-22-16,17-8-4-6-12-23-17)10-9-14(15)19(24-25)20(27)28/h2-12H,1,13H2,(H,27,28). The molecule has 0 saturated heterocycles. The molecule has 0 bridgehead atoms. The summed E-state index contributed by atoms with van der Waals surface area (Å²) in [6, 6.07) is 11.2. The third-order valence-corrected chi connectivity index (χ3v) is 4.83. The predicted molar refractivity (Wildman–Crippen MR) is 102 cm³/mol. The van der Waals surface area contributed by atoms with Crippen molar-refractivity contribution in [2.75, 3.05) is 0 Å². The number of aromatic nitrogens is 4. The van der Waals surface area contributed by atoms with Gasteiger partial charge in [0.25, 0.3) is 5.91 Å². The molecule has 0 radical (unpaired) electrons. The maximum absolute atomic E-state index is 12.3. The van der Waals surface area contributed by atoms with Gasteiger partial charge in [0.1, 0.15) is 0 Å². The third kappa shape index (κ3) is 2.64. The van der Waals surface area contributed by atoms with Gasteiger partial charge in [-0.1, -0.05) is 30.9 Å². The Balaban J connectivity index is 1.97. The van der Waals surface area contributed by atoms with Gasteiger partial charge in [-0.05, 0) is 30.3 Å². The highest BCUT2D eigenvalue weighted by molar-refractivity contribution is 5.95. The number of carbonyl (C=O) groups is 2. The van der Waals surface area contributed by atoms with Crippen LogP contribution >= 0.6 is 0 Å². The van der Waals surface area contributed by atoms with Crippen molar-refractivity contribution in [3.05, 3.63) is 95.9 Å². The molecule has 138 valence electrons. The molecule has 0 aliphatic heterocycles.